The van der Waals surface area contributed by atoms with Crippen molar-refractivity contribution in [2.75, 3.05) is 0 Å². The molecule has 1 saturated heterocycles. The highest BCUT2D eigenvalue weighted by atomic mass is 16.6. The molecule has 0 radical (unpaired) electrons. The van der Waals surface area contributed by atoms with E-state index in [-0.39, 0.29) is 18.4 Å². The van der Waals surface area contributed by atoms with Gasteiger partial charge in [0.15, 0.2) is 0 Å². The van der Waals surface area contributed by atoms with Gasteiger partial charge in [0.05, 0.1) is 28.2 Å². The van der Waals surface area contributed by atoms with Gasteiger partial charge >= 0.3 is 35.8 Å². The minimum absolute atomic E-state index is 0.126. The number of carbonyl (C=O) groups excluding carboxylic acids is 2. The SMILES string of the molecule is O=C(O)c1ccc(CC2=CC3C(=O)OC(=O)C3(Cc3ccc(C(=O)O)c(C(=O)O)c3)C=C2)cc1C(=O)O. The van der Waals surface area contributed by atoms with Gasteiger partial charge in [-0.2, -0.15) is 0 Å². The van der Waals surface area contributed by atoms with Crippen LogP contribution in [0.3, 0.4) is 0 Å². The molecule has 1 heterocycles. The molecule has 11 heteroatoms. The molecule has 4 rings (SSSR count). The molecule has 0 amide bonds. The maximum atomic E-state index is 12.8. The summed E-state index contributed by atoms with van der Waals surface area (Å²) in [6.07, 6.45) is 4.52. The number of carboxylic acids is 4. The lowest BCUT2D eigenvalue weighted by Gasteiger charge is -2.28. The molecule has 0 spiro atoms. The van der Waals surface area contributed by atoms with Crippen molar-refractivity contribution < 1.29 is 53.9 Å². The highest BCUT2D eigenvalue weighted by molar-refractivity contribution is 6.04. The zero-order valence-corrected chi connectivity index (χ0v) is 18.8. The number of hydrogen-bond donors (Lipinski definition) is 4. The number of rotatable bonds is 8. The Kier molecular flexibility index (Phi) is 6.22. The normalized spacial score (nSPS) is 20.1. The fraction of sp³-hybridized carbons (Fsp3) is 0.154. The Morgan fingerprint density at radius 3 is 1.81 bits per heavy atom. The van der Waals surface area contributed by atoms with Gasteiger partial charge in [0.25, 0.3) is 0 Å². The minimum atomic E-state index is -1.49. The van der Waals surface area contributed by atoms with Crippen LogP contribution in [0, 0.1) is 11.3 Å². The number of fused-ring (bicyclic) bond motifs is 1. The van der Waals surface area contributed by atoms with Crippen LogP contribution in [0.2, 0.25) is 0 Å². The van der Waals surface area contributed by atoms with Crippen molar-refractivity contribution in [3.8, 4) is 0 Å². The lowest BCUT2D eigenvalue weighted by molar-refractivity contribution is -0.154. The van der Waals surface area contributed by atoms with Crippen LogP contribution in [0.4, 0.5) is 0 Å². The standard InChI is InChI=1S/C26H18O11/c27-20(28)15-3-1-12(8-17(15)22(31)32)7-13-5-6-26(19(10-13)24(35)37-25(26)36)11-14-2-4-16(21(29)30)18(9-14)23(33)34/h1-6,8-10,19H,7,11H2,(H,27,28)(H,29,30)(H,31,32)(H,33,34). The molecule has 188 valence electrons. The van der Waals surface area contributed by atoms with Gasteiger partial charge in [-0.25, -0.2) is 19.2 Å². The quantitative estimate of drug-likeness (QED) is 0.303. The molecule has 2 unspecified atom stereocenters. The molecule has 1 aliphatic heterocycles. The molecule has 1 aliphatic carbocycles. The van der Waals surface area contributed by atoms with Crippen molar-refractivity contribution in [2.24, 2.45) is 11.3 Å². The molecule has 0 saturated carbocycles. The number of allylic oxidation sites excluding steroid dienone is 2. The van der Waals surface area contributed by atoms with Crippen molar-refractivity contribution >= 4 is 35.8 Å². The Hall–Kier alpha value is -5.06. The third kappa shape index (κ3) is 4.49. The Labute approximate surface area is 207 Å². The van der Waals surface area contributed by atoms with E-state index in [0.29, 0.717) is 16.7 Å². The van der Waals surface area contributed by atoms with Crippen molar-refractivity contribution in [1.29, 1.82) is 0 Å². The summed E-state index contributed by atoms with van der Waals surface area (Å²) in [7, 11) is 0. The van der Waals surface area contributed by atoms with Gasteiger partial charge in [0.1, 0.15) is 5.41 Å². The number of esters is 2. The summed E-state index contributed by atoms with van der Waals surface area (Å²) in [6.45, 7) is 0. The highest BCUT2D eigenvalue weighted by Gasteiger charge is 2.56. The van der Waals surface area contributed by atoms with E-state index in [1.165, 1.54) is 36.4 Å². The monoisotopic (exact) mass is 506 g/mol. The number of carbonyl (C=O) groups is 6. The van der Waals surface area contributed by atoms with Gasteiger partial charge < -0.3 is 25.2 Å². The third-order valence-corrected chi connectivity index (χ3v) is 6.35. The molecule has 37 heavy (non-hydrogen) atoms. The van der Waals surface area contributed by atoms with Crippen LogP contribution >= 0.6 is 0 Å². The Morgan fingerprint density at radius 1 is 0.757 bits per heavy atom. The Bertz CT molecular complexity index is 1460. The average Bonchev–Trinajstić information content (AvgIpc) is 3.07. The molecule has 2 aliphatic rings. The second kappa shape index (κ2) is 9.19. The Morgan fingerprint density at radius 2 is 1.27 bits per heavy atom. The van der Waals surface area contributed by atoms with Crippen LogP contribution in [-0.4, -0.2) is 56.2 Å². The lowest BCUT2D eigenvalue weighted by Crippen LogP contribution is -2.35. The first-order valence-electron chi connectivity index (χ1n) is 10.8. The van der Waals surface area contributed by atoms with E-state index < -0.39 is 63.8 Å². The maximum Gasteiger partial charge on any atom is 0.336 e. The van der Waals surface area contributed by atoms with Crippen LogP contribution < -0.4 is 0 Å². The van der Waals surface area contributed by atoms with Gasteiger partial charge in [-0.15, -0.1) is 0 Å². The molecular weight excluding hydrogens is 488 g/mol. The molecule has 11 nitrogen and oxygen atoms in total. The van der Waals surface area contributed by atoms with Crippen molar-refractivity contribution in [2.45, 2.75) is 12.8 Å². The van der Waals surface area contributed by atoms with E-state index in [0.717, 1.165) is 12.1 Å². The van der Waals surface area contributed by atoms with Gasteiger partial charge in [0, 0.05) is 0 Å². The lowest BCUT2D eigenvalue weighted by atomic mass is 9.69. The van der Waals surface area contributed by atoms with Gasteiger partial charge in [0.2, 0.25) is 0 Å². The second-order valence-electron chi connectivity index (χ2n) is 8.64. The summed E-state index contributed by atoms with van der Waals surface area (Å²) in [5.41, 5.74) is -1.84. The van der Waals surface area contributed by atoms with E-state index in [9.17, 15) is 49.2 Å². The van der Waals surface area contributed by atoms with E-state index in [1.54, 1.807) is 6.08 Å². The molecule has 2 aromatic rings. The number of benzene rings is 2. The smallest absolute Gasteiger partial charge is 0.336 e. The predicted molar refractivity (Wildman–Crippen MR) is 122 cm³/mol. The van der Waals surface area contributed by atoms with Crippen molar-refractivity contribution in [3.05, 3.63) is 93.6 Å². The zero-order valence-electron chi connectivity index (χ0n) is 18.8. The number of carboxylic acid groups (broad SMARTS) is 4. The first-order valence-corrected chi connectivity index (χ1v) is 10.8. The summed E-state index contributed by atoms with van der Waals surface area (Å²) in [6, 6.07) is 7.45. The third-order valence-electron chi connectivity index (χ3n) is 6.35. The average molecular weight is 506 g/mol. The number of cyclic esters (lactones) is 2. The molecule has 0 bridgehead atoms. The minimum Gasteiger partial charge on any atom is -0.478 e. The molecule has 2 atom stereocenters. The molecule has 2 aromatic carbocycles. The summed E-state index contributed by atoms with van der Waals surface area (Å²) < 4.78 is 4.89. The van der Waals surface area contributed by atoms with E-state index in [4.69, 9.17) is 4.74 Å². The summed E-state index contributed by atoms with van der Waals surface area (Å²) >= 11 is 0. The summed E-state index contributed by atoms with van der Waals surface area (Å²) in [5, 5.41) is 37.2. The maximum absolute atomic E-state index is 12.8. The molecule has 0 aromatic heterocycles. The zero-order chi connectivity index (χ0) is 27.1. The summed E-state index contributed by atoms with van der Waals surface area (Å²) in [4.78, 5) is 71.0. The predicted octanol–water partition coefficient (Wildman–Crippen LogP) is 2.45. The fourth-order valence-electron chi connectivity index (χ4n) is 4.56. The first kappa shape index (κ1) is 25.0. The van der Waals surface area contributed by atoms with Crippen molar-refractivity contribution in [1.82, 2.24) is 0 Å². The largest absolute Gasteiger partial charge is 0.478 e. The number of ether oxygens (including phenoxy) is 1. The topological polar surface area (TPSA) is 193 Å². The number of hydrogen-bond acceptors (Lipinski definition) is 7. The second-order valence-corrected chi connectivity index (χ2v) is 8.64. The summed E-state index contributed by atoms with van der Waals surface area (Å²) in [5.74, 6) is -8.42. The van der Waals surface area contributed by atoms with Crippen LogP contribution in [-0.2, 0) is 27.2 Å². The van der Waals surface area contributed by atoms with Crippen molar-refractivity contribution in [3.63, 3.8) is 0 Å². The molecule has 4 N–H and O–H groups in total. The highest BCUT2D eigenvalue weighted by Crippen LogP contribution is 2.45. The Balaban J connectivity index is 1.66. The molecular formula is C26H18O11. The van der Waals surface area contributed by atoms with E-state index >= 15 is 0 Å². The van der Waals surface area contributed by atoms with Gasteiger partial charge in [-0.1, -0.05) is 30.4 Å². The van der Waals surface area contributed by atoms with Gasteiger partial charge in [-0.05, 0) is 53.8 Å². The molecule has 1 fully saturated rings. The number of aromatic carboxylic acids is 4. The van der Waals surface area contributed by atoms with Crippen LogP contribution in [0.25, 0.3) is 0 Å². The first-order chi connectivity index (χ1) is 17.4. The van der Waals surface area contributed by atoms with E-state index in [2.05, 4.69) is 0 Å². The van der Waals surface area contributed by atoms with E-state index in [1.807, 2.05) is 0 Å². The van der Waals surface area contributed by atoms with Crippen LogP contribution in [0.1, 0.15) is 52.6 Å². The van der Waals surface area contributed by atoms with Crippen LogP contribution in [0.15, 0.2) is 60.2 Å². The van der Waals surface area contributed by atoms with Gasteiger partial charge in [-0.3, -0.25) is 9.59 Å². The van der Waals surface area contributed by atoms with Crippen LogP contribution in [0.5, 0.6) is 0 Å². The fourth-order valence-corrected chi connectivity index (χ4v) is 4.56.